The van der Waals surface area contributed by atoms with E-state index in [0.717, 1.165) is 86.3 Å². The number of hydrogen-bond acceptors (Lipinski definition) is 32. The standard InChI is InChI=1S/C40H58N6O5.C16H29N5O17S5/c1-4-24-48-27-29-50-30-28-49-25-15-22-41-37(47)20-11-13-23-46-39(43-44-45-46)40(2,3)21-12-14-26-51-38-32-35(33-16-7-5-8-17-33)31-36(42-38)34-18-9-6-10-19-34;1-2-17-13(23)8(4-40-35-31-27)19-15(25)10(6-42-37-33-29)21-16(26)11(7-43-38-34-30)20-14(24)9(5-41-36-32-28)18-12(22)3-39/h5-10,16-19,31-32,44-45H,4,11-15,20-30H2,1-3H3,(H,41,47);8-11,27-30,39H,2-7H2,1H3,(H,17,23)(H,18,22)(H,19,25)(H,20,24)(H,21,26)/t;8-,9-,10-,11-/m.0/s1. The number of ether oxygens (including phenoxy) is 4. The largest absolute Gasteiger partial charge is 0.478 e. The van der Waals surface area contributed by atoms with Crippen LogP contribution in [0.25, 0.3) is 22.4 Å². The Hall–Kier alpha value is -5.41. The lowest BCUT2D eigenvalue weighted by atomic mass is 9.85. The lowest BCUT2D eigenvalue weighted by Crippen LogP contribution is -2.60. The molecule has 6 amide bonds. The highest BCUT2D eigenvalue weighted by molar-refractivity contribution is 7.95. The molecule has 4 atom stereocenters. The van der Waals surface area contributed by atoms with Crippen LogP contribution < -0.4 is 47.7 Å². The Kier molecular flexibility index (Phi) is 45.6. The molecular weight excluding hydrogens is 1340 g/mol. The Morgan fingerprint density at radius 2 is 1.09 bits per heavy atom. The number of hydrazone groups is 1. The van der Waals surface area contributed by atoms with E-state index in [1.807, 2.05) is 42.5 Å². The maximum Gasteiger partial charge on any atom is 0.244 e. The smallest absolute Gasteiger partial charge is 0.244 e. The van der Waals surface area contributed by atoms with Crippen LogP contribution in [0.3, 0.4) is 0 Å². The number of amidine groups is 1. The highest BCUT2D eigenvalue weighted by Crippen LogP contribution is 2.31. The van der Waals surface area contributed by atoms with Crippen molar-refractivity contribution in [1.82, 2.24) is 53.0 Å². The Balaban J connectivity index is 0.000000499. The minimum absolute atomic E-state index is 0.0765. The van der Waals surface area contributed by atoms with E-state index in [2.05, 4.69) is 154 Å². The number of nitrogens with zero attached hydrogens (tertiary/aromatic N) is 3. The molecule has 33 nitrogen and oxygen atoms in total. The molecule has 1 aromatic heterocycles. The zero-order valence-electron chi connectivity index (χ0n) is 52.6. The van der Waals surface area contributed by atoms with Crippen molar-refractivity contribution < 1.29 is 106 Å². The number of benzene rings is 2. The van der Waals surface area contributed by atoms with Crippen LogP contribution in [0.1, 0.15) is 79.1 Å². The quantitative estimate of drug-likeness (QED) is 0.0116. The van der Waals surface area contributed by atoms with Crippen LogP contribution >= 0.6 is 60.8 Å². The monoisotopic (exact) mass is 1430 g/mol. The van der Waals surface area contributed by atoms with Crippen LogP contribution in [0, 0.1) is 5.41 Å². The predicted molar refractivity (Wildman–Crippen MR) is 352 cm³/mol. The fraction of sp³-hybridized carbons (Fsp3) is 0.571. The van der Waals surface area contributed by atoms with E-state index in [9.17, 15) is 28.8 Å². The van der Waals surface area contributed by atoms with Gasteiger partial charge in [-0.2, -0.15) is 12.6 Å². The number of nitrogens with one attached hydrogen (secondary N) is 8. The third-order valence-electron chi connectivity index (χ3n) is 12.8. The number of carbonyl (C=O) groups excluding carboxylic acids is 6. The van der Waals surface area contributed by atoms with Crippen molar-refractivity contribution in [3.63, 3.8) is 0 Å². The number of rotatable bonds is 52. The topological polar surface area (TPSA) is 419 Å². The van der Waals surface area contributed by atoms with Crippen LogP contribution in [0.2, 0.25) is 0 Å². The molecule has 0 spiro atoms. The first-order chi connectivity index (χ1) is 45.6. The predicted octanol–water partition coefficient (Wildman–Crippen LogP) is 5.03. The van der Waals surface area contributed by atoms with Crippen molar-refractivity contribution in [1.29, 1.82) is 0 Å². The number of likely N-dealkylation sites (N-methyl/N-ethyl adjacent to an activating group) is 1. The van der Waals surface area contributed by atoms with Crippen LogP contribution in [0.15, 0.2) is 77.9 Å². The third kappa shape index (κ3) is 35.5. The van der Waals surface area contributed by atoms with Gasteiger partial charge >= 0.3 is 0 Å². The van der Waals surface area contributed by atoms with Crippen molar-refractivity contribution in [3.05, 3.63) is 72.8 Å². The van der Waals surface area contributed by atoms with Gasteiger partial charge in [-0.15, -0.1) is 28.0 Å². The number of aromatic nitrogens is 1. The van der Waals surface area contributed by atoms with Crippen molar-refractivity contribution in [3.8, 4) is 28.3 Å². The summed E-state index contributed by atoms with van der Waals surface area (Å²) in [5, 5.41) is 68.6. The molecule has 1 aliphatic rings. The minimum atomic E-state index is -1.54. The first-order valence-electron chi connectivity index (χ1n) is 29.7. The van der Waals surface area contributed by atoms with Crippen LogP contribution in [-0.4, -0.2) is 191 Å². The average Bonchev–Trinajstić information content (AvgIpc) is 1.38. The molecule has 0 saturated heterocycles. The van der Waals surface area contributed by atoms with Crippen molar-refractivity contribution >= 4 is 102 Å². The van der Waals surface area contributed by atoms with Gasteiger partial charge in [-0.3, -0.25) is 33.8 Å². The summed E-state index contributed by atoms with van der Waals surface area (Å²) in [6, 6.07) is 19.0. The van der Waals surface area contributed by atoms with Crippen molar-refractivity contribution in [2.45, 2.75) is 103 Å². The number of hydrogen-bond donors (Lipinski definition) is 13. The second-order valence-corrected chi connectivity index (χ2v) is 23.5. The number of unbranched alkanes of at least 4 members (excludes halogenated alkanes) is 2. The van der Waals surface area contributed by atoms with Gasteiger partial charge in [-0.05, 0) is 69.1 Å². The second kappa shape index (κ2) is 51.8. The highest BCUT2D eigenvalue weighted by Gasteiger charge is 2.34. The van der Waals surface area contributed by atoms with E-state index in [1.165, 1.54) is 0 Å². The lowest BCUT2D eigenvalue weighted by Gasteiger charge is -2.30. The molecule has 0 saturated carbocycles. The van der Waals surface area contributed by atoms with E-state index in [0.29, 0.717) is 107 Å². The number of hydrazine groups is 2. The first kappa shape index (κ1) is 82.8. The lowest BCUT2D eigenvalue weighted by molar-refractivity contribution is -0.432. The second-order valence-electron chi connectivity index (χ2n) is 20.4. The van der Waals surface area contributed by atoms with E-state index in [-0.39, 0.29) is 35.1 Å². The Bertz CT molecular complexity index is 2570. The van der Waals surface area contributed by atoms with Crippen LogP contribution in [0.4, 0.5) is 0 Å². The van der Waals surface area contributed by atoms with Crippen molar-refractivity contribution in [2.24, 2.45) is 10.5 Å². The van der Waals surface area contributed by atoms with E-state index < -0.39 is 65.2 Å². The molecular formula is C56H87N11O22S5. The minimum Gasteiger partial charge on any atom is -0.478 e. The summed E-state index contributed by atoms with van der Waals surface area (Å²) >= 11 is 5.40. The van der Waals surface area contributed by atoms with Gasteiger partial charge in [0.25, 0.3) is 0 Å². The number of thiol groups is 1. The third-order valence-corrected chi connectivity index (χ3v) is 15.6. The van der Waals surface area contributed by atoms with Gasteiger partial charge in [-0.1, -0.05) is 102 Å². The molecule has 12 N–H and O–H groups in total. The van der Waals surface area contributed by atoms with Crippen LogP contribution in [-0.2, 0) is 80.5 Å². The fourth-order valence-corrected chi connectivity index (χ4v) is 10.3. The summed E-state index contributed by atoms with van der Waals surface area (Å²) in [7, 11) is 0. The summed E-state index contributed by atoms with van der Waals surface area (Å²) in [5.74, 6) is -4.38. The molecule has 0 fully saturated rings. The van der Waals surface area contributed by atoms with Crippen LogP contribution in [0.5, 0.6) is 5.88 Å². The molecule has 0 radical (unpaired) electrons. The normalized spacial score (nSPS) is 13.2. The molecule has 94 heavy (non-hydrogen) atoms. The van der Waals surface area contributed by atoms with E-state index in [4.69, 9.17) is 45.0 Å². The van der Waals surface area contributed by atoms with Gasteiger partial charge in [0.2, 0.25) is 41.3 Å². The maximum absolute atomic E-state index is 13.2. The molecule has 0 bridgehead atoms. The summed E-state index contributed by atoms with van der Waals surface area (Å²) in [4.78, 5) is 80.5. The molecule has 3 aromatic rings. The van der Waals surface area contributed by atoms with Gasteiger partial charge in [0.15, 0.2) is 0 Å². The molecule has 38 heteroatoms. The maximum atomic E-state index is 13.2. The van der Waals surface area contributed by atoms with Gasteiger partial charge in [0.05, 0.1) is 67.5 Å². The molecule has 528 valence electrons. The summed E-state index contributed by atoms with van der Waals surface area (Å²) in [5.41, 5.74) is 10.1. The number of pyridine rings is 1. The summed E-state index contributed by atoms with van der Waals surface area (Å²) in [6.45, 7) is 14.0. The molecule has 2 aromatic carbocycles. The Morgan fingerprint density at radius 3 is 1.61 bits per heavy atom. The first-order valence-corrected chi connectivity index (χ1v) is 34.0. The van der Waals surface area contributed by atoms with E-state index in [1.54, 1.807) is 6.92 Å². The van der Waals surface area contributed by atoms with Gasteiger partial charge < -0.3 is 50.8 Å². The Morgan fingerprint density at radius 1 is 0.574 bits per heavy atom. The SMILES string of the molecule is CCCOCCOCCOCCCNC(=O)CCCCN1NNN=C1C(C)(C)CCCCOc1cc(-c2ccccc2)cc(-c2ccccc2)n1.CCNC(=O)[C@H](CSOOO)NC(=O)[C@H](CSOOO)NC(=O)[C@H](CSOOO)NC(=O)[C@H](CSOOO)NC(=O)CS. The number of carbonyl (C=O) groups is 6. The van der Waals surface area contributed by atoms with Gasteiger partial charge in [0, 0.05) is 104 Å². The zero-order valence-corrected chi connectivity index (χ0v) is 56.7. The summed E-state index contributed by atoms with van der Waals surface area (Å²) < 4.78 is 39.6. The molecule has 2 heterocycles. The van der Waals surface area contributed by atoms with Gasteiger partial charge in [-0.25, -0.2) is 31.5 Å². The van der Waals surface area contributed by atoms with Gasteiger partial charge in [0.1, 0.15) is 30.0 Å². The number of amides is 6. The summed E-state index contributed by atoms with van der Waals surface area (Å²) in [6.07, 6.45) is 6.82. The average molecular weight is 1430 g/mol. The zero-order chi connectivity index (χ0) is 68.4. The molecule has 0 unspecified atom stereocenters. The highest BCUT2D eigenvalue weighted by atomic mass is 32.2. The Labute approximate surface area is 567 Å². The van der Waals surface area contributed by atoms with Crippen molar-refractivity contribution in [2.75, 3.05) is 94.6 Å². The molecule has 0 aliphatic carbocycles. The fourth-order valence-electron chi connectivity index (χ4n) is 8.31. The molecule has 1 aliphatic heterocycles. The molecule has 4 rings (SSSR count). The van der Waals surface area contributed by atoms with E-state index >= 15 is 0 Å².